The van der Waals surface area contributed by atoms with Crippen LogP contribution in [0.25, 0.3) is 0 Å². The number of rotatable bonds is 4. The van der Waals surface area contributed by atoms with Gasteiger partial charge in [-0.2, -0.15) is 0 Å². The van der Waals surface area contributed by atoms with E-state index in [4.69, 9.17) is 0 Å². The third-order valence-electron chi connectivity index (χ3n) is 4.98. The zero-order chi connectivity index (χ0) is 11.1. The molecule has 0 amide bonds. The summed E-state index contributed by atoms with van der Waals surface area (Å²) in [6, 6.07) is 2.45. The Hall–Kier alpha value is -0.0800. The Kier molecular flexibility index (Phi) is 2.97. The lowest BCUT2D eigenvalue weighted by atomic mass is 10.00. The Bertz CT molecular complexity index is 243. The highest BCUT2D eigenvalue weighted by Gasteiger charge is 2.41. The first kappa shape index (κ1) is 11.0. The van der Waals surface area contributed by atoms with Crippen molar-refractivity contribution in [2.75, 3.05) is 13.1 Å². The van der Waals surface area contributed by atoms with E-state index in [9.17, 15) is 0 Å². The van der Waals surface area contributed by atoms with Crippen LogP contribution in [0.5, 0.6) is 0 Å². The standard InChI is InChI=1S/C14H26N2/c1-3-13-8-15-14(12-6-7-12)9-16(13)10(2)11-4-5-11/h10-15H,3-9H2,1-2H3. The van der Waals surface area contributed by atoms with Crippen LogP contribution < -0.4 is 5.32 Å². The Balaban J connectivity index is 1.64. The highest BCUT2D eigenvalue weighted by molar-refractivity contribution is 4.98. The molecule has 92 valence electrons. The largest absolute Gasteiger partial charge is 0.311 e. The molecule has 2 heteroatoms. The summed E-state index contributed by atoms with van der Waals surface area (Å²) >= 11 is 0. The van der Waals surface area contributed by atoms with Gasteiger partial charge in [-0.1, -0.05) is 6.92 Å². The molecule has 0 aromatic rings. The molecular formula is C14H26N2. The molecule has 0 bridgehead atoms. The fourth-order valence-corrected chi connectivity index (χ4v) is 3.39. The zero-order valence-electron chi connectivity index (χ0n) is 10.8. The first-order valence-electron chi connectivity index (χ1n) is 7.28. The van der Waals surface area contributed by atoms with Crippen LogP contribution in [0.2, 0.25) is 0 Å². The van der Waals surface area contributed by atoms with Gasteiger partial charge in [-0.15, -0.1) is 0 Å². The number of nitrogens with zero attached hydrogens (tertiary/aromatic N) is 1. The summed E-state index contributed by atoms with van der Waals surface area (Å²) in [5, 5.41) is 3.78. The predicted molar refractivity (Wildman–Crippen MR) is 67.5 cm³/mol. The van der Waals surface area contributed by atoms with E-state index in [1.54, 1.807) is 0 Å². The zero-order valence-corrected chi connectivity index (χ0v) is 10.8. The molecule has 1 N–H and O–H groups in total. The molecule has 3 unspecified atom stereocenters. The fraction of sp³-hybridized carbons (Fsp3) is 1.00. The van der Waals surface area contributed by atoms with Crippen LogP contribution in [0.4, 0.5) is 0 Å². The van der Waals surface area contributed by atoms with Crippen LogP contribution in [0.3, 0.4) is 0 Å². The third kappa shape index (κ3) is 2.14. The van der Waals surface area contributed by atoms with Crippen molar-refractivity contribution in [1.29, 1.82) is 0 Å². The molecular weight excluding hydrogens is 196 g/mol. The maximum absolute atomic E-state index is 3.78. The fourth-order valence-electron chi connectivity index (χ4n) is 3.39. The number of piperazine rings is 1. The summed E-state index contributed by atoms with van der Waals surface area (Å²) in [7, 11) is 0. The average Bonchev–Trinajstić information content (AvgIpc) is 3.20. The van der Waals surface area contributed by atoms with Crippen LogP contribution in [0, 0.1) is 11.8 Å². The molecule has 3 rings (SSSR count). The molecule has 0 aromatic carbocycles. The predicted octanol–water partition coefficient (Wildman–Crippen LogP) is 2.25. The quantitative estimate of drug-likeness (QED) is 0.785. The second kappa shape index (κ2) is 4.30. The van der Waals surface area contributed by atoms with E-state index in [0.717, 1.165) is 30.0 Å². The molecule has 2 nitrogen and oxygen atoms in total. The second-order valence-corrected chi connectivity index (χ2v) is 6.19. The van der Waals surface area contributed by atoms with Gasteiger partial charge in [0, 0.05) is 31.2 Å². The Morgan fingerprint density at radius 3 is 2.56 bits per heavy atom. The second-order valence-electron chi connectivity index (χ2n) is 6.19. The van der Waals surface area contributed by atoms with Crippen LogP contribution >= 0.6 is 0 Å². The molecule has 0 spiro atoms. The lowest BCUT2D eigenvalue weighted by molar-refractivity contribution is 0.0709. The molecule has 16 heavy (non-hydrogen) atoms. The van der Waals surface area contributed by atoms with Crippen molar-refractivity contribution in [3.63, 3.8) is 0 Å². The van der Waals surface area contributed by atoms with E-state index in [1.165, 1.54) is 45.2 Å². The number of hydrogen-bond acceptors (Lipinski definition) is 2. The van der Waals surface area contributed by atoms with Crippen molar-refractivity contribution in [2.24, 2.45) is 11.8 Å². The minimum Gasteiger partial charge on any atom is -0.311 e. The average molecular weight is 222 g/mol. The van der Waals surface area contributed by atoms with E-state index in [-0.39, 0.29) is 0 Å². The van der Waals surface area contributed by atoms with Gasteiger partial charge in [0.25, 0.3) is 0 Å². The van der Waals surface area contributed by atoms with Crippen molar-refractivity contribution in [2.45, 2.75) is 64.1 Å². The molecule has 1 aliphatic heterocycles. The maximum atomic E-state index is 3.78. The lowest BCUT2D eigenvalue weighted by Crippen LogP contribution is -2.59. The molecule has 0 radical (unpaired) electrons. The third-order valence-corrected chi connectivity index (χ3v) is 4.98. The van der Waals surface area contributed by atoms with Crippen LogP contribution in [0.1, 0.15) is 46.0 Å². The van der Waals surface area contributed by atoms with Crippen molar-refractivity contribution in [1.82, 2.24) is 10.2 Å². The summed E-state index contributed by atoms with van der Waals surface area (Å²) in [6.07, 6.45) is 7.22. The van der Waals surface area contributed by atoms with Crippen molar-refractivity contribution < 1.29 is 0 Å². The monoisotopic (exact) mass is 222 g/mol. The first-order chi connectivity index (χ1) is 7.79. The van der Waals surface area contributed by atoms with E-state index < -0.39 is 0 Å². The van der Waals surface area contributed by atoms with Crippen molar-refractivity contribution >= 4 is 0 Å². The summed E-state index contributed by atoms with van der Waals surface area (Å²) in [4.78, 5) is 2.83. The van der Waals surface area contributed by atoms with E-state index in [1.807, 2.05) is 0 Å². The summed E-state index contributed by atoms with van der Waals surface area (Å²) < 4.78 is 0. The minimum atomic E-state index is 0.797. The Morgan fingerprint density at radius 2 is 2.00 bits per heavy atom. The number of nitrogens with one attached hydrogen (secondary N) is 1. The normalized spacial score (nSPS) is 38.6. The van der Waals surface area contributed by atoms with Gasteiger partial charge < -0.3 is 5.32 Å². The van der Waals surface area contributed by atoms with Gasteiger partial charge in [0.15, 0.2) is 0 Å². The highest BCUT2D eigenvalue weighted by Crippen LogP contribution is 2.39. The lowest BCUT2D eigenvalue weighted by Gasteiger charge is -2.44. The van der Waals surface area contributed by atoms with Gasteiger partial charge in [-0.3, -0.25) is 4.90 Å². The summed E-state index contributed by atoms with van der Waals surface area (Å²) in [5.74, 6) is 2.03. The van der Waals surface area contributed by atoms with E-state index >= 15 is 0 Å². The molecule has 0 aromatic heterocycles. The van der Waals surface area contributed by atoms with Gasteiger partial charge in [-0.25, -0.2) is 0 Å². The minimum absolute atomic E-state index is 0.797. The molecule has 2 aliphatic carbocycles. The van der Waals surface area contributed by atoms with Crippen LogP contribution in [-0.2, 0) is 0 Å². The SMILES string of the molecule is CCC1CNC(C2CC2)CN1C(C)C1CC1. The molecule has 3 aliphatic rings. The van der Waals surface area contributed by atoms with Gasteiger partial charge in [-0.05, 0) is 50.9 Å². The maximum Gasteiger partial charge on any atom is 0.0224 e. The Morgan fingerprint density at radius 1 is 1.25 bits per heavy atom. The molecule has 3 atom stereocenters. The van der Waals surface area contributed by atoms with Crippen LogP contribution in [0.15, 0.2) is 0 Å². The van der Waals surface area contributed by atoms with Crippen LogP contribution in [-0.4, -0.2) is 36.1 Å². The molecule has 3 fully saturated rings. The Labute approximate surface area is 99.8 Å². The number of hydrogen-bond donors (Lipinski definition) is 1. The highest BCUT2D eigenvalue weighted by atomic mass is 15.3. The van der Waals surface area contributed by atoms with Crippen molar-refractivity contribution in [3.05, 3.63) is 0 Å². The summed E-state index contributed by atoms with van der Waals surface area (Å²) in [6.45, 7) is 7.36. The van der Waals surface area contributed by atoms with Gasteiger partial charge in [0.2, 0.25) is 0 Å². The van der Waals surface area contributed by atoms with Gasteiger partial charge in [0.1, 0.15) is 0 Å². The van der Waals surface area contributed by atoms with E-state index in [2.05, 4.69) is 24.1 Å². The molecule has 2 saturated carbocycles. The van der Waals surface area contributed by atoms with Gasteiger partial charge >= 0.3 is 0 Å². The summed E-state index contributed by atoms with van der Waals surface area (Å²) in [5.41, 5.74) is 0. The first-order valence-corrected chi connectivity index (χ1v) is 7.28. The van der Waals surface area contributed by atoms with Crippen molar-refractivity contribution in [3.8, 4) is 0 Å². The van der Waals surface area contributed by atoms with Gasteiger partial charge in [0.05, 0.1) is 0 Å². The van der Waals surface area contributed by atoms with E-state index in [0.29, 0.717) is 0 Å². The molecule has 1 saturated heterocycles. The topological polar surface area (TPSA) is 15.3 Å². The molecule has 1 heterocycles. The smallest absolute Gasteiger partial charge is 0.0224 e.